The molecular formula is C17H26N6O2S. The van der Waals surface area contributed by atoms with Crippen molar-refractivity contribution in [2.75, 3.05) is 13.1 Å². The molecule has 0 aromatic carbocycles. The molecule has 0 bridgehead atoms. The Morgan fingerprint density at radius 1 is 1.38 bits per heavy atom. The Balaban J connectivity index is 1.84. The first-order valence-electron chi connectivity index (χ1n) is 9.19. The lowest BCUT2D eigenvalue weighted by Gasteiger charge is -2.32. The zero-order valence-corrected chi connectivity index (χ0v) is 16.6. The van der Waals surface area contributed by atoms with Gasteiger partial charge in [-0.1, -0.05) is 17.8 Å². The Hall–Kier alpha value is -2.03. The number of carbonyl (C=O) groups is 1. The number of nitrogens with zero attached hydrogens (tertiary/aromatic N) is 6. The van der Waals surface area contributed by atoms with Crippen LogP contribution in [0.2, 0.25) is 0 Å². The third-order valence-corrected chi connectivity index (χ3v) is 5.57. The molecule has 2 aromatic heterocycles. The lowest BCUT2D eigenvalue weighted by molar-refractivity contribution is 0.0706. The Morgan fingerprint density at radius 2 is 2.15 bits per heavy atom. The summed E-state index contributed by atoms with van der Waals surface area (Å²) in [5.74, 6) is 0.850. The quantitative estimate of drug-likeness (QED) is 0.794. The van der Waals surface area contributed by atoms with Crippen molar-refractivity contribution in [3.63, 3.8) is 0 Å². The van der Waals surface area contributed by atoms with E-state index in [4.69, 9.17) is 0 Å². The largest absolute Gasteiger partial charge is 0.345 e. The number of aromatic nitrogens is 5. The van der Waals surface area contributed by atoms with Gasteiger partial charge in [-0.05, 0) is 44.6 Å². The van der Waals surface area contributed by atoms with Crippen LogP contribution in [0.1, 0.15) is 73.2 Å². The van der Waals surface area contributed by atoms with Gasteiger partial charge in [-0.2, -0.15) is 5.10 Å². The molecule has 1 aliphatic heterocycles. The number of carbonyl (C=O) groups excluding carboxylic acids is 1. The molecule has 1 amide bonds. The van der Waals surface area contributed by atoms with Crippen LogP contribution < -0.4 is 5.69 Å². The van der Waals surface area contributed by atoms with Crippen molar-refractivity contribution < 1.29 is 4.79 Å². The molecule has 0 N–H and O–H groups in total. The van der Waals surface area contributed by atoms with Crippen LogP contribution in [0.4, 0.5) is 0 Å². The second-order valence-corrected chi connectivity index (χ2v) is 7.87. The van der Waals surface area contributed by atoms with Crippen LogP contribution in [0.15, 0.2) is 4.79 Å². The number of aryl methyl sites for hydroxylation is 2. The molecule has 1 atom stereocenters. The zero-order valence-electron chi connectivity index (χ0n) is 15.8. The maximum absolute atomic E-state index is 13.0. The molecule has 1 unspecified atom stereocenters. The molecule has 8 nitrogen and oxygen atoms in total. The van der Waals surface area contributed by atoms with Crippen LogP contribution in [0, 0.1) is 0 Å². The summed E-state index contributed by atoms with van der Waals surface area (Å²) >= 11 is 1.18. The van der Waals surface area contributed by atoms with E-state index in [1.165, 1.54) is 16.2 Å². The molecule has 1 saturated heterocycles. The van der Waals surface area contributed by atoms with Gasteiger partial charge in [0.25, 0.3) is 5.91 Å². The minimum Gasteiger partial charge on any atom is -0.337 e. The van der Waals surface area contributed by atoms with Gasteiger partial charge in [0.05, 0.1) is 5.69 Å². The average molecular weight is 379 g/mol. The smallest absolute Gasteiger partial charge is 0.337 e. The molecule has 0 radical (unpaired) electrons. The number of likely N-dealkylation sites (tertiary alicyclic amines) is 1. The summed E-state index contributed by atoms with van der Waals surface area (Å²) in [4.78, 5) is 27.9. The first-order valence-corrected chi connectivity index (χ1v) is 9.97. The van der Waals surface area contributed by atoms with Crippen molar-refractivity contribution in [1.82, 2.24) is 28.8 Å². The molecule has 142 valence electrons. The fourth-order valence-corrected chi connectivity index (χ4v) is 4.23. The van der Waals surface area contributed by atoms with Crippen LogP contribution in [-0.2, 0) is 13.5 Å². The Kier molecular flexibility index (Phi) is 5.55. The second-order valence-electron chi connectivity index (χ2n) is 7.12. The second kappa shape index (κ2) is 7.69. The van der Waals surface area contributed by atoms with E-state index in [1.807, 2.05) is 18.7 Å². The van der Waals surface area contributed by atoms with Crippen LogP contribution >= 0.6 is 11.5 Å². The third kappa shape index (κ3) is 3.44. The summed E-state index contributed by atoms with van der Waals surface area (Å²) in [6.07, 6.45) is 3.52. The van der Waals surface area contributed by atoms with Gasteiger partial charge in [-0.25, -0.2) is 9.48 Å². The maximum Gasteiger partial charge on any atom is 0.345 e. The van der Waals surface area contributed by atoms with E-state index in [9.17, 15) is 9.59 Å². The van der Waals surface area contributed by atoms with Crippen molar-refractivity contribution >= 4 is 17.4 Å². The molecule has 3 heterocycles. The molecule has 0 spiro atoms. The standard InChI is InChI=1S/C17H26N6O2S/c1-5-7-13-14(26-20-18-13)16(24)22-9-6-8-12(10-22)15-19-21(4)17(25)23(15)11(2)3/h11-12H,5-10H2,1-4H3. The summed E-state index contributed by atoms with van der Waals surface area (Å²) in [6.45, 7) is 7.33. The van der Waals surface area contributed by atoms with Crippen molar-refractivity contribution in [1.29, 1.82) is 0 Å². The molecule has 0 saturated carbocycles. The highest BCUT2D eigenvalue weighted by Crippen LogP contribution is 2.28. The Bertz CT molecular complexity index is 837. The number of amides is 1. The van der Waals surface area contributed by atoms with Gasteiger partial charge in [0.2, 0.25) is 0 Å². The number of piperidine rings is 1. The van der Waals surface area contributed by atoms with E-state index in [1.54, 1.807) is 11.6 Å². The molecular weight excluding hydrogens is 352 g/mol. The highest BCUT2D eigenvalue weighted by atomic mass is 32.1. The fraction of sp³-hybridized carbons (Fsp3) is 0.706. The Labute approximate surface area is 157 Å². The van der Waals surface area contributed by atoms with Gasteiger partial charge < -0.3 is 4.90 Å². The van der Waals surface area contributed by atoms with Crippen LogP contribution in [0.3, 0.4) is 0 Å². The van der Waals surface area contributed by atoms with Crippen molar-refractivity contribution in [2.24, 2.45) is 7.05 Å². The highest BCUT2D eigenvalue weighted by Gasteiger charge is 2.31. The minimum absolute atomic E-state index is 0.00234. The average Bonchev–Trinajstić information content (AvgIpc) is 3.20. The molecule has 1 fully saturated rings. The van der Waals surface area contributed by atoms with E-state index >= 15 is 0 Å². The van der Waals surface area contributed by atoms with Crippen LogP contribution in [-0.4, -0.2) is 47.8 Å². The zero-order chi connectivity index (χ0) is 18.8. The van der Waals surface area contributed by atoms with Gasteiger partial charge in [-0.3, -0.25) is 9.36 Å². The molecule has 2 aromatic rings. The molecule has 0 aliphatic carbocycles. The normalized spacial score (nSPS) is 17.9. The fourth-order valence-electron chi connectivity index (χ4n) is 3.55. The topological polar surface area (TPSA) is 85.9 Å². The van der Waals surface area contributed by atoms with E-state index in [0.29, 0.717) is 11.4 Å². The first kappa shape index (κ1) is 18.8. The summed E-state index contributed by atoms with van der Waals surface area (Å²) in [6, 6.07) is 0.0409. The number of hydrogen-bond acceptors (Lipinski definition) is 6. The van der Waals surface area contributed by atoms with E-state index in [-0.39, 0.29) is 23.6 Å². The summed E-state index contributed by atoms with van der Waals surface area (Å²) in [5.41, 5.74) is 0.692. The lowest BCUT2D eigenvalue weighted by Crippen LogP contribution is -2.40. The number of hydrogen-bond donors (Lipinski definition) is 0. The van der Waals surface area contributed by atoms with Gasteiger partial charge in [0.1, 0.15) is 10.7 Å². The molecule has 1 aliphatic rings. The highest BCUT2D eigenvalue weighted by molar-refractivity contribution is 7.08. The van der Waals surface area contributed by atoms with Crippen LogP contribution in [0.25, 0.3) is 0 Å². The lowest BCUT2D eigenvalue weighted by atomic mass is 9.96. The minimum atomic E-state index is -0.102. The maximum atomic E-state index is 13.0. The van der Waals surface area contributed by atoms with Gasteiger partial charge >= 0.3 is 5.69 Å². The Morgan fingerprint density at radius 3 is 2.85 bits per heavy atom. The van der Waals surface area contributed by atoms with Gasteiger partial charge in [0, 0.05) is 32.1 Å². The summed E-state index contributed by atoms with van der Waals surface area (Å²) in [7, 11) is 1.68. The summed E-state index contributed by atoms with van der Waals surface area (Å²) in [5, 5.41) is 8.58. The van der Waals surface area contributed by atoms with Crippen molar-refractivity contribution in [2.45, 2.75) is 58.4 Å². The van der Waals surface area contributed by atoms with E-state index in [2.05, 4.69) is 21.6 Å². The van der Waals surface area contributed by atoms with Gasteiger partial charge in [-0.15, -0.1) is 5.10 Å². The predicted molar refractivity (Wildman–Crippen MR) is 99.6 cm³/mol. The SMILES string of the molecule is CCCc1nnsc1C(=O)N1CCCC(c2nn(C)c(=O)n2C(C)C)C1. The molecule has 26 heavy (non-hydrogen) atoms. The van der Waals surface area contributed by atoms with Crippen LogP contribution in [0.5, 0.6) is 0 Å². The molecule has 9 heteroatoms. The van der Waals surface area contributed by atoms with Gasteiger partial charge in [0.15, 0.2) is 0 Å². The third-order valence-electron chi connectivity index (χ3n) is 4.81. The van der Waals surface area contributed by atoms with E-state index in [0.717, 1.165) is 43.7 Å². The predicted octanol–water partition coefficient (Wildman–Crippen LogP) is 1.99. The number of rotatable bonds is 5. The molecule has 3 rings (SSSR count). The van der Waals surface area contributed by atoms with E-state index < -0.39 is 0 Å². The van der Waals surface area contributed by atoms with Crippen molar-refractivity contribution in [3.05, 3.63) is 26.9 Å². The van der Waals surface area contributed by atoms with Crippen molar-refractivity contribution in [3.8, 4) is 0 Å². The first-order chi connectivity index (χ1) is 12.4. The monoisotopic (exact) mass is 378 g/mol. The summed E-state index contributed by atoms with van der Waals surface area (Å²) < 4.78 is 7.11.